The molecule has 2 heteroatoms. The molecule has 0 bridgehead atoms. The second kappa shape index (κ2) is 5.50. The van der Waals surface area contributed by atoms with Gasteiger partial charge in [-0.3, -0.25) is 4.79 Å². The first-order valence-electron chi connectivity index (χ1n) is 6.03. The zero-order valence-electron chi connectivity index (χ0n) is 10.8. The molecule has 18 heavy (non-hydrogen) atoms. The van der Waals surface area contributed by atoms with E-state index >= 15 is 0 Å². The van der Waals surface area contributed by atoms with Gasteiger partial charge in [-0.05, 0) is 24.6 Å². The molecule has 1 amide bonds. The summed E-state index contributed by atoms with van der Waals surface area (Å²) < 4.78 is 0. The highest BCUT2D eigenvalue weighted by Crippen LogP contribution is 2.09. The van der Waals surface area contributed by atoms with Crippen LogP contribution in [0.3, 0.4) is 0 Å². The van der Waals surface area contributed by atoms with Gasteiger partial charge in [0.15, 0.2) is 0 Å². The smallest absolute Gasteiger partial charge is 0.253 e. The highest BCUT2D eigenvalue weighted by atomic mass is 16.2. The molecule has 0 saturated heterocycles. The Bertz CT molecular complexity index is 534. The number of hydrogen-bond acceptors (Lipinski definition) is 1. The summed E-state index contributed by atoms with van der Waals surface area (Å²) in [6.45, 7) is 2.63. The van der Waals surface area contributed by atoms with E-state index < -0.39 is 0 Å². The SMILES string of the molecule is Cc1cccc(C(=O)N(C)Cc2ccccc2)c1. The molecular formula is C16H17NO. The Kier molecular flexibility index (Phi) is 3.78. The van der Waals surface area contributed by atoms with Gasteiger partial charge in [0.2, 0.25) is 0 Å². The molecule has 0 radical (unpaired) electrons. The molecule has 0 aliphatic rings. The first kappa shape index (κ1) is 12.4. The lowest BCUT2D eigenvalue weighted by atomic mass is 10.1. The maximum absolute atomic E-state index is 12.2. The van der Waals surface area contributed by atoms with Crippen molar-refractivity contribution in [2.75, 3.05) is 7.05 Å². The van der Waals surface area contributed by atoms with Crippen molar-refractivity contribution in [2.24, 2.45) is 0 Å². The van der Waals surface area contributed by atoms with Gasteiger partial charge in [-0.2, -0.15) is 0 Å². The van der Waals surface area contributed by atoms with Crippen LogP contribution in [0.5, 0.6) is 0 Å². The molecule has 0 aromatic heterocycles. The van der Waals surface area contributed by atoms with E-state index in [9.17, 15) is 4.79 Å². The van der Waals surface area contributed by atoms with Crippen molar-refractivity contribution in [3.8, 4) is 0 Å². The monoisotopic (exact) mass is 239 g/mol. The van der Waals surface area contributed by atoms with E-state index in [1.165, 1.54) is 0 Å². The Balaban J connectivity index is 2.10. The van der Waals surface area contributed by atoms with Crippen LogP contribution in [0.2, 0.25) is 0 Å². The largest absolute Gasteiger partial charge is 0.337 e. The van der Waals surface area contributed by atoms with E-state index in [1.54, 1.807) is 4.90 Å². The molecule has 92 valence electrons. The van der Waals surface area contributed by atoms with Crippen molar-refractivity contribution in [2.45, 2.75) is 13.5 Å². The normalized spacial score (nSPS) is 10.1. The van der Waals surface area contributed by atoms with Crippen molar-refractivity contribution < 1.29 is 4.79 Å². The van der Waals surface area contributed by atoms with E-state index in [4.69, 9.17) is 0 Å². The first-order chi connectivity index (χ1) is 8.66. The van der Waals surface area contributed by atoms with Crippen LogP contribution in [0.4, 0.5) is 0 Å². The van der Waals surface area contributed by atoms with Gasteiger partial charge in [-0.15, -0.1) is 0 Å². The van der Waals surface area contributed by atoms with Crippen LogP contribution in [0.15, 0.2) is 54.6 Å². The molecule has 0 aliphatic carbocycles. The van der Waals surface area contributed by atoms with Gasteiger partial charge in [0, 0.05) is 19.2 Å². The van der Waals surface area contributed by atoms with Crippen molar-refractivity contribution in [1.29, 1.82) is 0 Å². The number of benzene rings is 2. The Morgan fingerprint density at radius 1 is 1.06 bits per heavy atom. The number of rotatable bonds is 3. The van der Waals surface area contributed by atoms with E-state index in [1.807, 2.05) is 68.6 Å². The summed E-state index contributed by atoms with van der Waals surface area (Å²) >= 11 is 0. The molecule has 0 N–H and O–H groups in total. The van der Waals surface area contributed by atoms with Gasteiger partial charge in [0.05, 0.1) is 0 Å². The molecular weight excluding hydrogens is 222 g/mol. The minimum absolute atomic E-state index is 0.0579. The zero-order chi connectivity index (χ0) is 13.0. The Morgan fingerprint density at radius 3 is 2.44 bits per heavy atom. The van der Waals surface area contributed by atoms with Crippen LogP contribution in [-0.4, -0.2) is 17.9 Å². The van der Waals surface area contributed by atoms with E-state index in [0.717, 1.165) is 16.7 Å². The number of carbonyl (C=O) groups is 1. The van der Waals surface area contributed by atoms with Crippen LogP contribution in [0.1, 0.15) is 21.5 Å². The van der Waals surface area contributed by atoms with Gasteiger partial charge in [0.1, 0.15) is 0 Å². The second-order valence-corrected chi connectivity index (χ2v) is 4.52. The summed E-state index contributed by atoms with van der Waals surface area (Å²) in [6, 6.07) is 17.7. The maximum Gasteiger partial charge on any atom is 0.253 e. The number of aryl methyl sites for hydroxylation is 1. The highest BCUT2D eigenvalue weighted by Gasteiger charge is 2.11. The van der Waals surface area contributed by atoms with Crippen LogP contribution in [-0.2, 0) is 6.54 Å². The molecule has 2 aromatic rings. The van der Waals surface area contributed by atoms with Gasteiger partial charge in [-0.1, -0.05) is 48.0 Å². The number of amides is 1. The van der Waals surface area contributed by atoms with Crippen molar-refractivity contribution >= 4 is 5.91 Å². The topological polar surface area (TPSA) is 20.3 Å². The van der Waals surface area contributed by atoms with Gasteiger partial charge >= 0.3 is 0 Å². The van der Waals surface area contributed by atoms with E-state index in [2.05, 4.69) is 0 Å². The molecule has 0 spiro atoms. The third kappa shape index (κ3) is 2.98. The third-order valence-corrected chi connectivity index (χ3v) is 2.87. The van der Waals surface area contributed by atoms with Crippen LogP contribution in [0, 0.1) is 6.92 Å². The van der Waals surface area contributed by atoms with Crippen molar-refractivity contribution in [3.05, 3.63) is 71.3 Å². The first-order valence-corrected chi connectivity index (χ1v) is 6.03. The fourth-order valence-corrected chi connectivity index (χ4v) is 1.93. The van der Waals surface area contributed by atoms with Gasteiger partial charge in [-0.25, -0.2) is 0 Å². The summed E-state index contributed by atoms with van der Waals surface area (Å²) in [5, 5.41) is 0. The van der Waals surface area contributed by atoms with Gasteiger partial charge < -0.3 is 4.90 Å². The average Bonchev–Trinajstić information content (AvgIpc) is 2.39. The zero-order valence-corrected chi connectivity index (χ0v) is 10.8. The number of nitrogens with zero attached hydrogens (tertiary/aromatic N) is 1. The Labute approximate surface area is 108 Å². The summed E-state index contributed by atoms with van der Waals surface area (Å²) in [7, 11) is 1.83. The molecule has 0 aliphatic heterocycles. The van der Waals surface area contributed by atoms with E-state index in [0.29, 0.717) is 6.54 Å². The predicted octanol–water partition coefficient (Wildman–Crippen LogP) is 3.27. The van der Waals surface area contributed by atoms with Crippen molar-refractivity contribution in [1.82, 2.24) is 4.90 Å². The van der Waals surface area contributed by atoms with Crippen molar-refractivity contribution in [3.63, 3.8) is 0 Å². The molecule has 0 unspecified atom stereocenters. The molecule has 2 nitrogen and oxygen atoms in total. The summed E-state index contributed by atoms with van der Waals surface area (Å²) in [4.78, 5) is 14.0. The maximum atomic E-state index is 12.2. The molecule has 0 saturated carbocycles. The number of carbonyl (C=O) groups excluding carboxylic acids is 1. The summed E-state index contributed by atoms with van der Waals surface area (Å²) in [6.07, 6.45) is 0. The number of hydrogen-bond donors (Lipinski definition) is 0. The quantitative estimate of drug-likeness (QED) is 0.805. The summed E-state index contributed by atoms with van der Waals surface area (Å²) in [5.41, 5.74) is 2.99. The summed E-state index contributed by atoms with van der Waals surface area (Å²) in [5.74, 6) is 0.0579. The Morgan fingerprint density at radius 2 is 1.78 bits per heavy atom. The minimum Gasteiger partial charge on any atom is -0.337 e. The van der Waals surface area contributed by atoms with Crippen LogP contribution < -0.4 is 0 Å². The minimum atomic E-state index is 0.0579. The molecule has 0 heterocycles. The third-order valence-electron chi connectivity index (χ3n) is 2.87. The molecule has 0 fully saturated rings. The average molecular weight is 239 g/mol. The predicted molar refractivity (Wildman–Crippen MR) is 73.4 cm³/mol. The lowest BCUT2D eigenvalue weighted by molar-refractivity contribution is 0.0785. The van der Waals surface area contributed by atoms with Gasteiger partial charge in [0.25, 0.3) is 5.91 Å². The highest BCUT2D eigenvalue weighted by molar-refractivity contribution is 5.94. The second-order valence-electron chi connectivity index (χ2n) is 4.52. The van der Waals surface area contributed by atoms with Crippen LogP contribution in [0.25, 0.3) is 0 Å². The molecule has 0 atom stereocenters. The lowest BCUT2D eigenvalue weighted by Crippen LogP contribution is -2.26. The van der Waals surface area contributed by atoms with Crippen LogP contribution >= 0.6 is 0 Å². The fraction of sp³-hybridized carbons (Fsp3) is 0.188. The standard InChI is InChI=1S/C16H17NO/c1-13-7-6-10-15(11-13)16(18)17(2)12-14-8-4-3-5-9-14/h3-11H,12H2,1-2H3. The molecule has 2 rings (SSSR count). The Hall–Kier alpha value is -2.09. The lowest BCUT2D eigenvalue weighted by Gasteiger charge is -2.17. The molecule has 2 aromatic carbocycles. The fourth-order valence-electron chi connectivity index (χ4n) is 1.93. The van der Waals surface area contributed by atoms with E-state index in [-0.39, 0.29) is 5.91 Å².